The zero-order chi connectivity index (χ0) is 12.1. The Morgan fingerprint density at radius 1 is 1.38 bits per heavy atom. The van der Waals surface area contributed by atoms with Crippen molar-refractivity contribution in [3.8, 4) is 0 Å². The van der Waals surface area contributed by atoms with E-state index < -0.39 is 5.97 Å². The van der Waals surface area contributed by atoms with Gasteiger partial charge in [0.1, 0.15) is 6.54 Å². The van der Waals surface area contributed by atoms with E-state index in [-0.39, 0.29) is 24.7 Å². The summed E-state index contributed by atoms with van der Waals surface area (Å²) in [5, 5.41) is 11.6. The van der Waals surface area contributed by atoms with Crippen LogP contribution in [0.2, 0.25) is 0 Å². The molecule has 0 aromatic carbocycles. The summed E-state index contributed by atoms with van der Waals surface area (Å²) in [5.74, 6) is -0.977. The first kappa shape index (κ1) is 12.8. The molecule has 2 N–H and O–H groups in total. The van der Waals surface area contributed by atoms with Crippen LogP contribution in [0.25, 0.3) is 0 Å². The number of hydrogen-bond acceptors (Lipinski definition) is 2. The number of carbonyl (C=O) groups excluding carboxylic acids is 1. The summed E-state index contributed by atoms with van der Waals surface area (Å²) in [7, 11) is 0. The van der Waals surface area contributed by atoms with Crippen molar-refractivity contribution in [3.05, 3.63) is 0 Å². The molecule has 0 atom stereocenters. The first-order chi connectivity index (χ1) is 7.50. The molecule has 0 bridgehead atoms. The molecule has 2 amide bonds. The Morgan fingerprint density at radius 3 is 2.38 bits per heavy atom. The summed E-state index contributed by atoms with van der Waals surface area (Å²) >= 11 is 0. The highest BCUT2D eigenvalue weighted by atomic mass is 16.4. The summed E-state index contributed by atoms with van der Waals surface area (Å²) < 4.78 is 0. The van der Waals surface area contributed by atoms with Crippen LogP contribution in [-0.2, 0) is 4.79 Å². The molecule has 0 aliphatic heterocycles. The second-order valence-electron chi connectivity index (χ2n) is 4.55. The van der Waals surface area contributed by atoms with E-state index in [4.69, 9.17) is 5.11 Å². The second kappa shape index (κ2) is 5.72. The molecule has 0 saturated heterocycles. The molecule has 1 aliphatic rings. The third-order valence-corrected chi connectivity index (χ3v) is 2.87. The van der Waals surface area contributed by atoms with E-state index in [2.05, 4.69) is 5.32 Å². The van der Waals surface area contributed by atoms with E-state index in [0.717, 1.165) is 25.7 Å². The number of hydrogen-bond donors (Lipinski definition) is 2. The number of urea groups is 1. The lowest BCUT2D eigenvalue weighted by Crippen LogP contribution is -2.49. The Morgan fingerprint density at radius 2 is 1.94 bits per heavy atom. The zero-order valence-corrected chi connectivity index (χ0v) is 9.90. The molecule has 1 fully saturated rings. The minimum Gasteiger partial charge on any atom is -0.480 e. The fraction of sp³-hybridized carbons (Fsp3) is 0.818. The number of aliphatic carboxylic acids is 1. The van der Waals surface area contributed by atoms with Crippen LogP contribution in [0.3, 0.4) is 0 Å². The summed E-state index contributed by atoms with van der Waals surface area (Å²) in [6.45, 7) is 3.39. The maximum Gasteiger partial charge on any atom is 0.323 e. The normalized spacial score (nSPS) is 16.4. The first-order valence-corrected chi connectivity index (χ1v) is 5.79. The van der Waals surface area contributed by atoms with Crippen molar-refractivity contribution in [2.24, 2.45) is 0 Å². The van der Waals surface area contributed by atoms with E-state index >= 15 is 0 Å². The highest BCUT2D eigenvalue weighted by Crippen LogP contribution is 2.18. The smallest absolute Gasteiger partial charge is 0.323 e. The van der Waals surface area contributed by atoms with Crippen molar-refractivity contribution < 1.29 is 14.7 Å². The van der Waals surface area contributed by atoms with Gasteiger partial charge in [0.05, 0.1) is 0 Å². The number of nitrogens with zero attached hydrogens (tertiary/aromatic N) is 1. The van der Waals surface area contributed by atoms with E-state index in [1.54, 1.807) is 0 Å². The van der Waals surface area contributed by atoms with Gasteiger partial charge >= 0.3 is 12.0 Å². The van der Waals surface area contributed by atoms with Gasteiger partial charge in [-0.25, -0.2) is 4.79 Å². The minimum atomic E-state index is -0.977. The van der Waals surface area contributed by atoms with E-state index in [0.29, 0.717) is 0 Å². The molecule has 1 saturated carbocycles. The highest BCUT2D eigenvalue weighted by Gasteiger charge is 2.23. The second-order valence-corrected chi connectivity index (χ2v) is 4.55. The van der Waals surface area contributed by atoms with Gasteiger partial charge in [-0.3, -0.25) is 4.79 Å². The third-order valence-electron chi connectivity index (χ3n) is 2.87. The average molecular weight is 228 g/mol. The SMILES string of the molecule is CC(C)N(CC(=O)O)C(=O)NC1CCCC1. The molecule has 1 aliphatic carbocycles. The quantitative estimate of drug-likeness (QED) is 0.764. The van der Waals surface area contributed by atoms with Crippen molar-refractivity contribution in [2.45, 2.75) is 51.6 Å². The number of carboxylic acids is 1. The van der Waals surface area contributed by atoms with E-state index in [1.165, 1.54) is 4.90 Å². The predicted molar refractivity (Wildman–Crippen MR) is 60.3 cm³/mol. The molecule has 0 aromatic heterocycles. The predicted octanol–water partition coefficient (Wildman–Crippen LogP) is 1.43. The maximum absolute atomic E-state index is 11.8. The molecule has 5 nitrogen and oxygen atoms in total. The molecular weight excluding hydrogens is 208 g/mol. The number of carbonyl (C=O) groups is 2. The van der Waals surface area contributed by atoms with Crippen LogP contribution < -0.4 is 5.32 Å². The molecule has 0 aromatic rings. The minimum absolute atomic E-state index is 0.0995. The molecule has 0 spiro atoms. The van der Waals surface area contributed by atoms with Crippen molar-refractivity contribution in [2.75, 3.05) is 6.54 Å². The van der Waals surface area contributed by atoms with Gasteiger partial charge < -0.3 is 15.3 Å². The molecule has 0 heterocycles. The number of amides is 2. The Labute approximate surface area is 95.8 Å². The summed E-state index contributed by atoms with van der Waals surface area (Å²) in [5.41, 5.74) is 0. The number of rotatable bonds is 4. The fourth-order valence-corrected chi connectivity index (χ4v) is 1.96. The van der Waals surface area contributed by atoms with Gasteiger partial charge in [0.15, 0.2) is 0 Å². The van der Waals surface area contributed by atoms with Gasteiger partial charge in [0.2, 0.25) is 0 Å². The van der Waals surface area contributed by atoms with Crippen LogP contribution in [-0.4, -0.2) is 40.6 Å². The largest absolute Gasteiger partial charge is 0.480 e. The standard InChI is InChI=1S/C11H20N2O3/c1-8(2)13(7-10(14)15)11(16)12-9-5-3-4-6-9/h8-9H,3-7H2,1-2H3,(H,12,16)(H,14,15). The lowest BCUT2D eigenvalue weighted by atomic mass is 10.2. The van der Waals surface area contributed by atoms with Crippen molar-refractivity contribution in [1.29, 1.82) is 0 Å². The van der Waals surface area contributed by atoms with Crippen LogP contribution in [0.5, 0.6) is 0 Å². The molecule has 92 valence electrons. The van der Waals surface area contributed by atoms with Crippen LogP contribution >= 0.6 is 0 Å². The lowest BCUT2D eigenvalue weighted by molar-refractivity contribution is -0.138. The van der Waals surface area contributed by atoms with E-state index in [9.17, 15) is 9.59 Å². The van der Waals surface area contributed by atoms with Gasteiger partial charge in [0, 0.05) is 12.1 Å². The topological polar surface area (TPSA) is 69.6 Å². The number of nitrogens with one attached hydrogen (secondary N) is 1. The van der Waals surface area contributed by atoms with Crippen molar-refractivity contribution >= 4 is 12.0 Å². The van der Waals surface area contributed by atoms with Crippen molar-refractivity contribution in [3.63, 3.8) is 0 Å². The third kappa shape index (κ3) is 3.72. The van der Waals surface area contributed by atoms with Crippen LogP contribution in [0.1, 0.15) is 39.5 Å². The molecule has 5 heteroatoms. The first-order valence-electron chi connectivity index (χ1n) is 5.79. The van der Waals surface area contributed by atoms with Gasteiger partial charge in [-0.2, -0.15) is 0 Å². The van der Waals surface area contributed by atoms with Crippen LogP contribution in [0, 0.1) is 0 Å². The van der Waals surface area contributed by atoms with Gasteiger partial charge in [-0.1, -0.05) is 12.8 Å². The summed E-state index contributed by atoms with van der Waals surface area (Å²) in [4.78, 5) is 23.8. The lowest BCUT2D eigenvalue weighted by Gasteiger charge is -2.26. The Balaban J connectivity index is 2.49. The molecule has 1 rings (SSSR count). The Bertz CT molecular complexity index is 260. The Kier molecular flexibility index (Phi) is 4.58. The highest BCUT2D eigenvalue weighted by molar-refractivity contribution is 5.80. The zero-order valence-electron chi connectivity index (χ0n) is 9.90. The molecule has 0 radical (unpaired) electrons. The van der Waals surface area contributed by atoms with Crippen LogP contribution in [0.15, 0.2) is 0 Å². The molecule has 16 heavy (non-hydrogen) atoms. The Hall–Kier alpha value is -1.26. The van der Waals surface area contributed by atoms with E-state index in [1.807, 2.05) is 13.8 Å². The monoisotopic (exact) mass is 228 g/mol. The van der Waals surface area contributed by atoms with Gasteiger partial charge in [0.25, 0.3) is 0 Å². The van der Waals surface area contributed by atoms with Crippen molar-refractivity contribution in [1.82, 2.24) is 10.2 Å². The maximum atomic E-state index is 11.8. The fourth-order valence-electron chi connectivity index (χ4n) is 1.96. The summed E-state index contributed by atoms with van der Waals surface area (Å²) in [6.07, 6.45) is 4.30. The van der Waals surface area contributed by atoms with Crippen LogP contribution in [0.4, 0.5) is 4.79 Å². The van der Waals surface area contributed by atoms with Gasteiger partial charge in [-0.05, 0) is 26.7 Å². The summed E-state index contributed by atoms with van der Waals surface area (Å²) in [6, 6.07) is -0.135. The molecule has 0 unspecified atom stereocenters. The average Bonchev–Trinajstić information content (AvgIpc) is 2.65. The van der Waals surface area contributed by atoms with Gasteiger partial charge in [-0.15, -0.1) is 0 Å². The number of carboxylic acid groups (broad SMARTS) is 1. The molecular formula is C11H20N2O3.